The van der Waals surface area contributed by atoms with Gasteiger partial charge in [0.2, 0.25) is 0 Å². The first-order valence-electron chi connectivity index (χ1n) is 4.64. The van der Waals surface area contributed by atoms with Crippen LogP contribution in [-0.4, -0.2) is 6.61 Å². The van der Waals surface area contributed by atoms with Crippen molar-refractivity contribution >= 4 is 15.9 Å². The topological polar surface area (TPSA) is 9.23 Å². The van der Waals surface area contributed by atoms with E-state index in [2.05, 4.69) is 28.9 Å². The fraction of sp³-hybridized carbons (Fsp3) is 0.455. The molecule has 0 bridgehead atoms. The second-order valence-electron chi connectivity index (χ2n) is 3.66. The highest BCUT2D eigenvalue weighted by Crippen LogP contribution is 2.31. The maximum Gasteiger partial charge on any atom is 0.123 e. The lowest BCUT2D eigenvalue weighted by atomic mass is 10.2. The molecular formula is C11H13BrO. The number of rotatable bonds is 3. The molecule has 2 heteroatoms. The largest absolute Gasteiger partial charge is 0.493 e. The molecule has 1 aliphatic carbocycles. The molecule has 0 heterocycles. The van der Waals surface area contributed by atoms with Crippen LogP contribution in [0.2, 0.25) is 0 Å². The van der Waals surface area contributed by atoms with Gasteiger partial charge in [0, 0.05) is 4.47 Å². The van der Waals surface area contributed by atoms with Gasteiger partial charge >= 0.3 is 0 Å². The number of hydrogen-bond acceptors (Lipinski definition) is 1. The van der Waals surface area contributed by atoms with Gasteiger partial charge in [-0.15, -0.1) is 0 Å². The van der Waals surface area contributed by atoms with Crippen LogP contribution in [0.5, 0.6) is 5.75 Å². The molecule has 1 fully saturated rings. The van der Waals surface area contributed by atoms with E-state index < -0.39 is 0 Å². The molecule has 1 nitrogen and oxygen atoms in total. The lowest BCUT2D eigenvalue weighted by Crippen LogP contribution is -2.00. The van der Waals surface area contributed by atoms with Crippen LogP contribution in [-0.2, 0) is 0 Å². The monoisotopic (exact) mass is 240 g/mol. The van der Waals surface area contributed by atoms with Crippen molar-refractivity contribution in [2.45, 2.75) is 19.8 Å². The Bertz CT molecular complexity index is 305. The maximum atomic E-state index is 5.71. The zero-order valence-electron chi connectivity index (χ0n) is 7.72. The number of aryl methyl sites for hydroxylation is 1. The highest BCUT2D eigenvalue weighted by Gasteiger charge is 2.22. The summed E-state index contributed by atoms with van der Waals surface area (Å²) in [6.45, 7) is 2.96. The van der Waals surface area contributed by atoms with Crippen molar-refractivity contribution in [2.75, 3.05) is 6.61 Å². The summed E-state index contributed by atoms with van der Waals surface area (Å²) in [5.74, 6) is 1.83. The van der Waals surface area contributed by atoms with Crippen molar-refractivity contribution in [1.82, 2.24) is 0 Å². The first-order chi connectivity index (χ1) is 6.25. The van der Waals surface area contributed by atoms with Gasteiger partial charge in [-0.1, -0.05) is 22.0 Å². The van der Waals surface area contributed by atoms with E-state index >= 15 is 0 Å². The molecule has 0 amide bonds. The molecule has 1 aromatic carbocycles. The second-order valence-corrected chi connectivity index (χ2v) is 4.58. The second kappa shape index (κ2) is 3.70. The highest BCUT2D eigenvalue weighted by molar-refractivity contribution is 9.10. The summed E-state index contributed by atoms with van der Waals surface area (Å²) in [5.41, 5.74) is 1.21. The molecule has 0 N–H and O–H groups in total. The van der Waals surface area contributed by atoms with Crippen LogP contribution in [0.25, 0.3) is 0 Å². The first kappa shape index (κ1) is 9.07. The molecule has 70 valence electrons. The minimum Gasteiger partial charge on any atom is -0.493 e. The Morgan fingerprint density at radius 2 is 2.23 bits per heavy atom. The van der Waals surface area contributed by atoms with Gasteiger partial charge in [0.25, 0.3) is 0 Å². The third-order valence-electron chi connectivity index (χ3n) is 2.32. The Morgan fingerprint density at radius 3 is 2.92 bits per heavy atom. The molecule has 0 aromatic heterocycles. The number of benzene rings is 1. The van der Waals surface area contributed by atoms with Crippen LogP contribution in [0.3, 0.4) is 0 Å². The van der Waals surface area contributed by atoms with Crippen LogP contribution < -0.4 is 4.74 Å². The van der Waals surface area contributed by atoms with Gasteiger partial charge in [-0.3, -0.25) is 0 Å². The van der Waals surface area contributed by atoms with E-state index in [1.54, 1.807) is 0 Å². The molecule has 1 saturated carbocycles. The van der Waals surface area contributed by atoms with Crippen LogP contribution in [0, 0.1) is 12.8 Å². The van der Waals surface area contributed by atoms with E-state index in [0.29, 0.717) is 0 Å². The summed E-state index contributed by atoms with van der Waals surface area (Å²) in [6, 6.07) is 6.16. The first-order valence-corrected chi connectivity index (χ1v) is 5.44. The Labute approximate surface area is 87.2 Å². The van der Waals surface area contributed by atoms with Crippen molar-refractivity contribution in [3.8, 4) is 5.75 Å². The molecule has 1 aliphatic rings. The van der Waals surface area contributed by atoms with Crippen LogP contribution in [0.4, 0.5) is 0 Å². The Balaban J connectivity index is 2.03. The van der Waals surface area contributed by atoms with E-state index in [9.17, 15) is 0 Å². The van der Waals surface area contributed by atoms with E-state index in [1.165, 1.54) is 18.4 Å². The molecule has 0 aliphatic heterocycles. The number of hydrogen-bond donors (Lipinski definition) is 0. The average molecular weight is 241 g/mol. The molecule has 2 rings (SSSR count). The fourth-order valence-electron chi connectivity index (χ4n) is 1.22. The van der Waals surface area contributed by atoms with Crippen molar-refractivity contribution < 1.29 is 4.74 Å². The van der Waals surface area contributed by atoms with E-state index in [1.807, 2.05) is 12.1 Å². The van der Waals surface area contributed by atoms with Crippen LogP contribution >= 0.6 is 15.9 Å². The van der Waals surface area contributed by atoms with Gasteiger partial charge in [-0.2, -0.15) is 0 Å². The van der Waals surface area contributed by atoms with Gasteiger partial charge in [0.05, 0.1) is 6.61 Å². The summed E-state index contributed by atoms with van der Waals surface area (Å²) in [4.78, 5) is 0. The quantitative estimate of drug-likeness (QED) is 0.786. The molecule has 0 atom stereocenters. The summed E-state index contributed by atoms with van der Waals surface area (Å²) >= 11 is 3.44. The highest BCUT2D eigenvalue weighted by atomic mass is 79.9. The Hall–Kier alpha value is -0.500. The SMILES string of the molecule is Cc1ccc(Br)cc1OCC1CC1. The predicted octanol–water partition coefficient (Wildman–Crippen LogP) is 3.55. The van der Waals surface area contributed by atoms with Crippen LogP contribution in [0.15, 0.2) is 22.7 Å². The minimum atomic E-state index is 0.818. The smallest absolute Gasteiger partial charge is 0.123 e. The lowest BCUT2D eigenvalue weighted by molar-refractivity contribution is 0.297. The zero-order valence-corrected chi connectivity index (χ0v) is 9.30. The summed E-state index contributed by atoms with van der Waals surface area (Å²) in [6.07, 6.45) is 2.68. The summed E-state index contributed by atoms with van der Waals surface area (Å²) in [7, 11) is 0. The number of halogens is 1. The lowest BCUT2D eigenvalue weighted by Gasteiger charge is -2.08. The normalized spacial score (nSPS) is 15.8. The van der Waals surface area contributed by atoms with Gasteiger partial charge in [-0.25, -0.2) is 0 Å². The zero-order chi connectivity index (χ0) is 9.26. The van der Waals surface area contributed by atoms with E-state index in [4.69, 9.17) is 4.74 Å². The summed E-state index contributed by atoms with van der Waals surface area (Å²) in [5, 5.41) is 0. The van der Waals surface area contributed by atoms with Crippen molar-refractivity contribution in [2.24, 2.45) is 5.92 Å². The minimum absolute atomic E-state index is 0.818. The Morgan fingerprint density at radius 1 is 1.46 bits per heavy atom. The van der Waals surface area contributed by atoms with Crippen molar-refractivity contribution in [1.29, 1.82) is 0 Å². The van der Waals surface area contributed by atoms with E-state index in [0.717, 1.165) is 22.7 Å². The molecule has 13 heavy (non-hydrogen) atoms. The Kier molecular flexibility index (Phi) is 2.58. The van der Waals surface area contributed by atoms with Crippen molar-refractivity contribution in [3.05, 3.63) is 28.2 Å². The molecular weight excluding hydrogens is 228 g/mol. The molecule has 0 unspecified atom stereocenters. The maximum absolute atomic E-state index is 5.71. The molecule has 0 spiro atoms. The third kappa shape index (κ3) is 2.47. The fourth-order valence-corrected chi connectivity index (χ4v) is 1.56. The van der Waals surface area contributed by atoms with Crippen LogP contribution in [0.1, 0.15) is 18.4 Å². The number of ether oxygens (including phenoxy) is 1. The van der Waals surface area contributed by atoms with E-state index in [-0.39, 0.29) is 0 Å². The van der Waals surface area contributed by atoms with Gasteiger partial charge in [0.15, 0.2) is 0 Å². The summed E-state index contributed by atoms with van der Waals surface area (Å²) < 4.78 is 6.80. The molecule has 1 aromatic rings. The predicted molar refractivity (Wildman–Crippen MR) is 57.1 cm³/mol. The third-order valence-corrected chi connectivity index (χ3v) is 2.81. The van der Waals surface area contributed by atoms with Gasteiger partial charge in [0.1, 0.15) is 5.75 Å². The van der Waals surface area contributed by atoms with Gasteiger partial charge in [-0.05, 0) is 43.4 Å². The molecule has 0 saturated heterocycles. The van der Waals surface area contributed by atoms with Gasteiger partial charge < -0.3 is 4.74 Å². The average Bonchev–Trinajstić information content (AvgIpc) is 2.90. The van der Waals surface area contributed by atoms with Crippen molar-refractivity contribution in [3.63, 3.8) is 0 Å². The molecule has 0 radical (unpaired) electrons. The standard InChI is InChI=1S/C11H13BrO/c1-8-2-5-10(12)6-11(8)13-7-9-3-4-9/h2,5-6,9H,3-4,7H2,1H3.